The van der Waals surface area contributed by atoms with E-state index in [1.165, 1.54) is 25.3 Å². The number of methoxy groups -OCH3 is 1. The summed E-state index contributed by atoms with van der Waals surface area (Å²) in [6.45, 7) is 2.53. The van der Waals surface area contributed by atoms with Crippen molar-refractivity contribution in [3.63, 3.8) is 0 Å². The maximum absolute atomic E-state index is 10.9. The van der Waals surface area contributed by atoms with Gasteiger partial charge in [-0.05, 0) is 24.8 Å². The number of nitro benzene ring substituents is 1. The molecule has 0 heterocycles. The second-order valence-electron chi connectivity index (χ2n) is 5.33. The van der Waals surface area contributed by atoms with E-state index in [9.17, 15) is 10.1 Å². The van der Waals surface area contributed by atoms with Gasteiger partial charge in [0.05, 0.1) is 18.1 Å². The molecule has 0 radical (unpaired) electrons. The van der Waals surface area contributed by atoms with E-state index in [1.807, 2.05) is 0 Å². The molecule has 0 spiro atoms. The van der Waals surface area contributed by atoms with Crippen LogP contribution in [0.1, 0.15) is 24.8 Å². The summed E-state index contributed by atoms with van der Waals surface area (Å²) in [6, 6.07) is 4.77. The Hall–Kier alpha value is -1.66. The van der Waals surface area contributed by atoms with E-state index in [4.69, 9.17) is 9.47 Å². The summed E-state index contributed by atoms with van der Waals surface area (Å²) < 4.78 is 10.8. The molecule has 0 unspecified atom stereocenters. The largest absolute Gasteiger partial charge is 0.493 e. The maximum Gasteiger partial charge on any atom is 0.270 e. The molecule has 6 heteroatoms. The Balaban J connectivity index is 1.99. The molecule has 6 nitrogen and oxygen atoms in total. The molecule has 0 saturated heterocycles. The second kappa shape index (κ2) is 7.95. The van der Waals surface area contributed by atoms with Gasteiger partial charge in [-0.2, -0.15) is 0 Å². The monoisotopic (exact) mass is 294 g/mol. The van der Waals surface area contributed by atoms with Gasteiger partial charge in [0.1, 0.15) is 5.75 Å². The molecule has 1 aromatic rings. The van der Waals surface area contributed by atoms with Gasteiger partial charge in [0, 0.05) is 37.9 Å². The van der Waals surface area contributed by atoms with Crippen molar-refractivity contribution >= 4 is 5.69 Å². The van der Waals surface area contributed by atoms with Crippen molar-refractivity contribution in [2.75, 3.05) is 26.9 Å². The number of rotatable bonds is 9. The van der Waals surface area contributed by atoms with Crippen LogP contribution >= 0.6 is 0 Å². The van der Waals surface area contributed by atoms with E-state index in [1.54, 1.807) is 19.2 Å². The van der Waals surface area contributed by atoms with E-state index in [-0.39, 0.29) is 10.6 Å². The summed E-state index contributed by atoms with van der Waals surface area (Å²) in [5.41, 5.74) is 0.911. The highest BCUT2D eigenvalue weighted by molar-refractivity contribution is 5.43. The van der Waals surface area contributed by atoms with Crippen LogP contribution in [0, 0.1) is 16.0 Å². The minimum Gasteiger partial charge on any atom is -0.493 e. The molecule has 0 aliphatic heterocycles. The molecular weight excluding hydrogens is 272 g/mol. The van der Waals surface area contributed by atoms with Crippen LogP contribution in [0.25, 0.3) is 0 Å². The SMILES string of the molecule is COCCNCc1cc([N+](=O)[O-])ccc1OCC1CCC1. The van der Waals surface area contributed by atoms with Crippen LogP contribution in [0.4, 0.5) is 5.69 Å². The van der Waals surface area contributed by atoms with Crippen molar-refractivity contribution in [2.24, 2.45) is 5.92 Å². The van der Waals surface area contributed by atoms with Crippen molar-refractivity contribution < 1.29 is 14.4 Å². The Morgan fingerprint density at radius 2 is 2.24 bits per heavy atom. The number of nitrogens with zero attached hydrogens (tertiary/aromatic N) is 1. The highest BCUT2D eigenvalue weighted by atomic mass is 16.6. The van der Waals surface area contributed by atoms with Crippen molar-refractivity contribution in [1.82, 2.24) is 5.32 Å². The minimum atomic E-state index is -0.381. The predicted molar refractivity (Wildman–Crippen MR) is 79.5 cm³/mol. The first kappa shape index (κ1) is 15.7. The lowest BCUT2D eigenvalue weighted by atomic mass is 9.86. The molecular formula is C15H22N2O4. The zero-order valence-electron chi connectivity index (χ0n) is 12.3. The standard InChI is InChI=1S/C15H22N2O4/c1-20-8-7-16-10-13-9-14(17(18)19)5-6-15(13)21-11-12-3-2-4-12/h5-6,9,12,16H,2-4,7-8,10-11H2,1H3. The zero-order chi connectivity index (χ0) is 15.1. The third-order valence-corrected chi connectivity index (χ3v) is 3.75. The van der Waals surface area contributed by atoms with Crippen molar-refractivity contribution in [3.05, 3.63) is 33.9 Å². The molecule has 0 amide bonds. The van der Waals surface area contributed by atoms with Crippen molar-refractivity contribution in [2.45, 2.75) is 25.8 Å². The fraction of sp³-hybridized carbons (Fsp3) is 0.600. The van der Waals surface area contributed by atoms with Crippen LogP contribution in [0.5, 0.6) is 5.75 Å². The fourth-order valence-corrected chi connectivity index (χ4v) is 2.22. The van der Waals surface area contributed by atoms with E-state index in [0.717, 1.165) is 11.3 Å². The Bertz CT molecular complexity index is 475. The molecule has 1 aliphatic rings. The summed E-state index contributed by atoms with van der Waals surface area (Å²) >= 11 is 0. The number of hydrogen-bond acceptors (Lipinski definition) is 5. The van der Waals surface area contributed by atoms with Crippen LogP contribution in [0.3, 0.4) is 0 Å². The minimum absolute atomic E-state index is 0.0922. The lowest BCUT2D eigenvalue weighted by Crippen LogP contribution is -2.21. The summed E-state index contributed by atoms with van der Waals surface area (Å²) in [5.74, 6) is 1.37. The van der Waals surface area contributed by atoms with Gasteiger partial charge in [-0.25, -0.2) is 0 Å². The Morgan fingerprint density at radius 1 is 1.43 bits per heavy atom. The molecule has 0 atom stereocenters. The molecule has 1 N–H and O–H groups in total. The van der Waals surface area contributed by atoms with Gasteiger partial charge in [0.2, 0.25) is 0 Å². The molecule has 116 valence electrons. The average molecular weight is 294 g/mol. The lowest BCUT2D eigenvalue weighted by molar-refractivity contribution is -0.384. The molecule has 1 aliphatic carbocycles. The van der Waals surface area contributed by atoms with E-state index in [2.05, 4.69) is 5.32 Å². The highest BCUT2D eigenvalue weighted by Crippen LogP contribution is 2.29. The van der Waals surface area contributed by atoms with Crippen LogP contribution in [0.15, 0.2) is 18.2 Å². The zero-order valence-corrected chi connectivity index (χ0v) is 12.3. The molecule has 1 aromatic carbocycles. The number of benzene rings is 1. The maximum atomic E-state index is 10.9. The third-order valence-electron chi connectivity index (χ3n) is 3.75. The van der Waals surface area contributed by atoms with Crippen LogP contribution in [-0.2, 0) is 11.3 Å². The number of nitro groups is 1. The van der Waals surface area contributed by atoms with E-state index < -0.39 is 0 Å². The van der Waals surface area contributed by atoms with Gasteiger partial charge in [-0.3, -0.25) is 10.1 Å². The third kappa shape index (κ3) is 4.68. The van der Waals surface area contributed by atoms with Gasteiger partial charge in [-0.15, -0.1) is 0 Å². The van der Waals surface area contributed by atoms with Gasteiger partial charge < -0.3 is 14.8 Å². The molecule has 2 rings (SSSR count). The van der Waals surface area contributed by atoms with Gasteiger partial charge in [0.15, 0.2) is 0 Å². The van der Waals surface area contributed by atoms with Crippen LogP contribution in [-0.4, -0.2) is 31.8 Å². The Labute approximate surface area is 124 Å². The Kier molecular flexibility index (Phi) is 5.95. The molecule has 0 aromatic heterocycles. The van der Waals surface area contributed by atoms with Crippen LogP contribution in [0.2, 0.25) is 0 Å². The molecule has 0 bridgehead atoms. The summed E-state index contributed by atoms with van der Waals surface area (Å²) in [6.07, 6.45) is 3.71. The first-order valence-corrected chi connectivity index (χ1v) is 7.30. The average Bonchev–Trinajstić information content (AvgIpc) is 2.42. The summed E-state index contributed by atoms with van der Waals surface area (Å²) in [5, 5.41) is 14.1. The lowest BCUT2D eigenvalue weighted by Gasteiger charge is -2.25. The quantitative estimate of drug-likeness (QED) is 0.430. The Morgan fingerprint density at radius 3 is 2.86 bits per heavy atom. The normalized spacial score (nSPS) is 14.7. The van der Waals surface area contributed by atoms with Gasteiger partial charge >= 0.3 is 0 Å². The summed E-state index contributed by atoms with van der Waals surface area (Å²) in [7, 11) is 1.64. The summed E-state index contributed by atoms with van der Waals surface area (Å²) in [4.78, 5) is 10.5. The first-order valence-electron chi connectivity index (χ1n) is 7.30. The smallest absolute Gasteiger partial charge is 0.270 e. The van der Waals surface area contributed by atoms with E-state index in [0.29, 0.717) is 32.2 Å². The van der Waals surface area contributed by atoms with Gasteiger partial charge in [0.25, 0.3) is 5.69 Å². The molecule has 1 fully saturated rings. The second-order valence-corrected chi connectivity index (χ2v) is 5.33. The topological polar surface area (TPSA) is 73.6 Å². The number of non-ortho nitro benzene ring substituents is 1. The van der Waals surface area contributed by atoms with Gasteiger partial charge in [-0.1, -0.05) is 6.42 Å². The predicted octanol–water partition coefficient (Wildman–Crippen LogP) is 2.51. The fourth-order valence-electron chi connectivity index (χ4n) is 2.22. The van der Waals surface area contributed by atoms with E-state index >= 15 is 0 Å². The number of ether oxygens (including phenoxy) is 2. The van der Waals surface area contributed by atoms with Crippen LogP contribution < -0.4 is 10.1 Å². The molecule has 21 heavy (non-hydrogen) atoms. The molecule has 1 saturated carbocycles. The number of hydrogen-bond donors (Lipinski definition) is 1. The van der Waals surface area contributed by atoms with Crippen molar-refractivity contribution in [1.29, 1.82) is 0 Å². The number of nitrogens with one attached hydrogen (secondary N) is 1. The highest BCUT2D eigenvalue weighted by Gasteiger charge is 2.19. The first-order chi connectivity index (χ1) is 10.2. The van der Waals surface area contributed by atoms with Crippen molar-refractivity contribution in [3.8, 4) is 5.75 Å².